The highest BCUT2D eigenvalue weighted by molar-refractivity contribution is 5.91. The van der Waals surface area contributed by atoms with Crippen molar-refractivity contribution in [2.24, 2.45) is 0 Å². The van der Waals surface area contributed by atoms with Crippen LogP contribution < -0.4 is 16.0 Å². The van der Waals surface area contributed by atoms with Crippen LogP contribution in [0.25, 0.3) is 0 Å². The van der Waals surface area contributed by atoms with Crippen molar-refractivity contribution in [2.45, 2.75) is 31.7 Å². The Morgan fingerprint density at radius 1 is 0.920 bits per heavy atom. The second-order valence-electron chi connectivity index (χ2n) is 6.28. The summed E-state index contributed by atoms with van der Waals surface area (Å²) >= 11 is 0. The normalized spacial score (nSPS) is 15.0. The summed E-state index contributed by atoms with van der Waals surface area (Å²) in [6, 6.07) is 12.8. The molecular formula is C19H20FN3O2. The summed E-state index contributed by atoms with van der Waals surface area (Å²) < 4.78 is 13.1. The van der Waals surface area contributed by atoms with Gasteiger partial charge in [-0.05, 0) is 61.2 Å². The van der Waals surface area contributed by atoms with Crippen molar-refractivity contribution in [3.8, 4) is 0 Å². The van der Waals surface area contributed by atoms with Gasteiger partial charge in [0.15, 0.2) is 0 Å². The number of halogens is 1. The molecule has 0 aromatic heterocycles. The van der Waals surface area contributed by atoms with Crippen LogP contribution in [-0.4, -0.2) is 11.9 Å². The Hall–Kier alpha value is -2.89. The molecule has 0 unspecified atom stereocenters. The van der Waals surface area contributed by atoms with E-state index in [1.807, 2.05) is 0 Å². The van der Waals surface area contributed by atoms with Crippen LogP contribution in [-0.2, 0) is 10.3 Å². The first-order chi connectivity index (χ1) is 12.0. The first-order valence-corrected chi connectivity index (χ1v) is 8.20. The largest absolute Gasteiger partial charge is 0.328 e. The van der Waals surface area contributed by atoms with Crippen LogP contribution in [0, 0.1) is 5.82 Å². The number of carbonyl (C=O) groups is 2. The molecule has 0 atom stereocenters. The highest BCUT2D eigenvalue weighted by Crippen LogP contribution is 2.41. The maximum absolute atomic E-state index is 13.1. The summed E-state index contributed by atoms with van der Waals surface area (Å²) in [4.78, 5) is 23.4. The average molecular weight is 341 g/mol. The summed E-state index contributed by atoms with van der Waals surface area (Å²) in [7, 11) is 0. The van der Waals surface area contributed by atoms with E-state index in [9.17, 15) is 14.0 Å². The molecule has 0 heterocycles. The maximum Gasteiger partial charge on any atom is 0.319 e. The Balaban J connectivity index is 1.65. The second-order valence-corrected chi connectivity index (χ2v) is 6.28. The van der Waals surface area contributed by atoms with E-state index in [1.54, 1.807) is 36.4 Å². The van der Waals surface area contributed by atoms with E-state index in [-0.39, 0.29) is 17.8 Å². The lowest BCUT2D eigenvalue weighted by Crippen LogP contribution is -2.52. The zero-order valence-corrected chi connectivity index (χ0v) is 13.9. The Labute approximate surface area is 145 Å². The van der Waals surface area contributed by atoms with Crippen LogP contribution in [0.1, 0.15) is 31.7 Å². The highest BCUT2D eigenvalue weighted by Gasteiger charge is 2.40. The van der Waals surface area contributed by atoms with Gasteiger partial charge in [0.25, 0.3) is 0 Å². The summed E-state index contributed by atoms with van der Waals surface area (Å²) in [5.41, 5.74) is 1.77. The van der Waals surface area contributed by atoms with Gasteiger partial charge in [-0.1, -0.05) is 12.1 Å². The lowest BCUT2D eigenvalue weighted by Gasteiger charge is -2.43. The molecule has 2 aromatic rings. The number of carbonyl (C=O) groups excluding carboxylic acids is 2. The Morgan fingerprint density at radius 2 is 1.48 bits per heavy atom. The van der Waals surface area contributed by atoms with Crippen molar-refractivity contribution < 1.29 is 14.0 Å². The monoisotopic (exact) mass is 341 g/mol. The van der Waals surface area contributed by atoms with Crippen LogP contribution in [0.5, 0.6) is 0 Å². The fourth-order valence-electron chi connectivity index (χ4n) is 3.00. The third kappa shape index (κ3) is 3.96. The number of rotatable bonds is 4. The van der Waals surface area contributed by atoms with Crippen LogP contribution in [0.4, 0.5) is 20.6 Å². The lowest BCUT2D eigenvalue weighted by molar-refractivity contribution is -0.114. The van der Waals surface area contributed by atoms with E-state index in [2.05, 4.69) is 16.0 Å². The van der Waals surface area contributed by atoms with E-state index in [1.165, 1.54) is 19.1 Å². The standard InChI is InChI=1S/C19H20FN3O2/c1-13(24)21-16-7-9-17(10-8-16)22-18(25)23-19(11-2-12-19)14-3-5-15(20)6-4-14/h3-10H,2,11-12H2,1H3,(H,21,24)(H2,22,23,25). The first-order valence-electron chi connectivity index (χ1n) is 8.20. The molecule has 0 aliphatic heterocycles. The fraction of sp³-hybridized carbons (Fsp3) is 0.263. The van der Waals surface area contributed by atoms with Gasteiger partial charge in [0.05, 0.1) is 5.54 Å². The van der Waals surface area contributed by atoms with Crippen LogP contribution in [0.3, 0.4) is 0 Å². The van der Waals surface area contributed by atoms with E-state index >= 15 is 0 Å². The molecule has 1 aliphatic rings. The number of benzene rings is 2. The molecule has 0 bridgehead atoms. The molecule has 3 amide bonds. The minimum atomic E-state index is -0.437. The van der Waals surface area contributed by atoms with Gasteiger partial charge >= 0.3 is 6.03 Å². The molecule has 0 saturated heterocycles. The Morgan fingerprint density at radius 3 is 1.96 bits per heavy atom. The number of hydrogen-bond acceptors (Lipinski definition) is 2. The average Bonchev–Trinajstić information content (AvgIpc) is 2.53. The molecule has 5 nitrogen and oxygen atoms in total. The molecule has 6 heteroatoms. The second kappa shape index (κ2) is 6.93. The SMILES string of the molecule is CC(=O)Nc1ccc(NC(=O)NC2(c3ccc(F)cc3)CCC2)cc1. The molecule has 0 radical (unpaired) electrons. The predicted molar refractivity (Wildman–Crippen MR) is 94.8 cm³/mol. The number of anilines is 2. The third-order valence-corrected chi connectivity index (χ3v) is 4.42. The zero-order chi connectivity index (χ0) is 17.9. The third-order valence-electron chi connectivity index (χ3n) is 4.42. The summed E-state index contributed by atoms with van der Waals surface area (Å²) in [5, 5.41) is 8.48. The number of nitrogens with one attached hydrogen (secondary N) is 3. The van der Waals surface area contributed by atoms with Crippen molar-refractivity contribution in [1.82, 2.24) is 5.32 Å². The van der Waals surface area contributed by atoms with Gasteiger partial charge in [-0.15, -0.1) is 0 Å². The van der Waals surface area contributed by atoms with Gasteiger partial charge in [-0.2, -0.15) is 0 Å². The van der Waals surface area contributed by atoms with Gasteiger partial charge < -0.3 is 16.0 Å². The molecule has 3 rings (SSSR count). The maximum atomic E-state index is 13.1. The zero-order valence-electron chi connectivity index (χ0n) is 13.9. The smallest absolute Gasteiger partial charge is 0.319 e. The number of urea groups is 1. The predicted octanol–water partition coefficient (Wildman–Crippen LogP) is 3.99. The van der Waals surface area contributed by atoms with Gasteiger partial charge in [0, 0.05) is 18.3 Å². The number of hydrogen-bond donors (Lipinski definition) is 3. The van der Waals surface area contributed by atoms with Gasteiger partial charge in [-0.25, -0.2) is 9.18 Å². The first kappa shape index (κ1) is 17.0. The van der Waals surface area contributed by atoms with Gasteiger partial charge in [0.2, 0.25) is 5.91 Å². The highest BCUT2D eigenvalue weighted by atomic mass is 19.1. The molecule has 25 heavy (non-hydrogen) atoms. The molecule has 1 aliphatic carbocycles. The van der Waals surface area contributed by atoms with Gasteiger partial charge in [0.1, 0.15) is 5.82 Å². The summed E-state index contributed by atoms with van der Waals surface area (Å²) in [6.07, 6.45) is 2.67. The summed E-state index contributed by atoms with van der Waals surface area (Å²) in [6.45, 7) is 1.44. The quantitative estimate of drug-likeness (QED) is 0.787. The minimum Gasteiger partial charge on any atom is -0.328 e. The molecule has 2 aromatic carbocycles. The molecule has 0 spiro atoms. The van der Waals surface area contributed by atoms with E-state index in [0.717, 1.165) is 24.8 Å². The van der Waals surface area contributed by atoms with Gasteiger partial charge in [-0.3, -0.25) is 4.79 Å². The van der Waals surface area contributed by atoms with E-state index < -0.39 is 5.54 Å². The minimum absolute atomic E-state index is 0.148. The number of amides is 3. The van der Waals surface area contributed by atoms with Crippen molar-refractivity contribution in [3.05, 3.63) is 59.9 Å². The van der Waals surface area contributed by atoms with Crippen molar-refractivity contribution in [1.29, 1.82) is 0 Å². The lowest BCUT2D eigenvalue weighted by atomic mass is 9.72. The Kier molecular flexibility index (Phi) is 4.70. The summed E-state index contributed by atoms with van der Waals surface area (Å²) in [5.74, 6) is -0.438. The van der Waals surface area contributed by atoms with E-state index in [4.69, 9.17) is 0 Å². The molecule has 130 valence electrons. The fourth-order valence-corrected chi connectivity index (χ4v) is 3.00. The van der Waals surface area contributed by atoms with Crippen molar-refractivity contribution in [3.63, 3.8) is 0 Å². The van der Waals surface area contributed by atoms with Crippen LogP contribution in [0.15, 0.2) is 48.5 Å². The molecule has 1 fully saturated rings. The van der Waals surface area contributed by atoms with Crippen LogP contribution in [0.2, 0.25) is 0 Å². The molecule has 3 N–H and O–H groups in total. The Bertz CT molecular complexity index is 768. The van der Waals surface area contributed by atoms with Crippen molar-refractivity contribution in [2.75, 3.05) is 10.6 Å². The van der Waals surface area contributed by atoms with E-state index in [0.29, 0.717) is 11.4 Å². The molecular weight excluding hydrogens is 321 g/mol. The topological polar surface area (TPSA) is 70.2 Å². The molecule has 1 saturated carbocycles. The van der Waals surface area contributed by atoms with Crippen LogP contribution >= 0.6 is 0 Å². The van der Waals surface area contributed by atoms with Crippen molar-refractivity contribution >= 4 is 23.3 Å².